The van der Waals surface area contributed by atoms with Crippen molar-refractivity contribution in [2.24, 2.45) is 11.8 Å². The molecule has 152 valence electrons. The van der Waals surface area contributed by atoms with E-state index in [1.54, 1.807) is 18.4 Å². The van der Waals surface area contributed by atoms with Crippen LogP contribution in [0.3, 0.4) is 0 Å². The Balaban J connectivity index is 1.82. The van der Waals surface area contributed by atoms with Gasteiger partial charge in [0.1, 0.15) is 11.6 Å². The molecule has 0 saturated carbocycles. The number of nitrogens with zero attached hydrogens (tertiary/aromatic N) is 2. The first-order chi connectivity index (χ1) is 13.3. The van der Waals surface area contributed by atoms with Crippen LogP contribution in [0.1, 0.15) is 44.9 Å². The van der Waals surface area contributed by atoms with Gasteiger partial charge in [-0.15, -0.1) is 0 Å². The van der Waals surface area contributed by atoms with Crippen LogP contribution < -0.4 is 0 Å². The molecule has 0 unspecified atom stereocenters. The lowest BCUT2D eigenvalue weighted by molar-refractivity contribution is -0.136. The number of benzene rings is 1. The summed E-state index contributed by atoms with van der Waals surface area (Å²) in [7, 11) is 0. The quantitative estimate of drug-likeness (QED) is 0.702. The van der Waals surface area contributed by atoms with Crippen molar-refractivity contribution < 1.29 is 13.6 Å². The van der Waals surface area contributed by atoms with Crippen molar-refractivity contribution in [3.63, 3.8) is 0 Å². The molecule has 3 rings (SSSR count). The fourth-order valence-electron chi connectivity index (χ4n) is 4.15. The summed E-state index contributed by atoms with van der Waals surface area (Å²) < 4.78 is 19.4. The van der Waals surface area contributed by atoms with Crippen LogP contribution in [0, 0.1) is 17.7 Å². The number of hydrogen-bond donors (Lipinski definition) is 0. The van der Waals surface area contributed by atoms with E-state index < -0.39 is 0 Å². The van der Waals surface area contributed by atoms with Crippen LogP contribution in [0.25, 0.3) is 0 Å². The van der Waals surface area contributed by atoms with Crippen LogP contribution in [-0.4, -0.2) is 41.4 Å². The van der Waals surface area contributed by atoms with Gasteiger partial charge in [0.05, 0.1) is 12.8 Å². The fraction of sp³-hybridized carbons (Fsp3) is 0.522. The highest BCUT2D eigenvalue weighted by Crippen LogP contribution is 2.35. The average Bonchev–Trinajstić information content (AvgIpc) is 3.29. The van der Waals surface area contributed by atoms with E-state index in [-0.39, 0.29) is 35.5 Å². The smallest absolute Gasteiger partial charge is 0.225 e. The number of carbonyl (C=O) groups excluding carboxylic acids is 1. The standard InChI is InChI=1S/C23H31FN2O2/c1-16(2)23(27)26(17(3)4)13-19-12-25(14-21-9-6-10-28-21)15-22(19)18-7-5-8-20(24)11-18/h5-11,16-17,19,22H,12-15H2,1-4H3/t19-,22+/m0/s1. The molecule has 5 heteroatoms. The van der Waals surface area contributed by atoms with E-state index in [4.69, 9.17) is 4.42 Å². The van der Waals surface area contributed by atoms with Gasteiger partial charge < -0.3 is 9.32 Å². The van der Waals surface area contributed by atoms with Gasteiger partial charge >= 0.3 is 0 Å². The molecule has 0 N–H and O–H groups in total. The Morgan fingerprint density at radius 3 is 2.61 bits per heavy atom. The number of amides is 1. The molecule has 28 heavy (non-hydrogen) atoms. The second-order valence-electron chi connectivity index (χ2n) is 8.43. The van der Waals surface area contributed by atoms with Crippen LogP contribution in [0.5, 0.6) is 0 Å². The normalized spacial score (nSPS) is 20.2. The van der Waals surface area contributed by atoms with Crippen LogP contribution in [0.2, 0.25) is 0 Å². The number of rotatable bonds is 7. The number of halogens is 1. The Morgan fingerprint density at radius 2 is 2.00 bits per heavy atom. The van der Waals surface area contributed by atoms with Gasteiger partial charge in [0.2, 0.25) is 5.91 Å². The molecular formula is C23H31FN2O2. The minimum atomic E-state index is -0.209. The van der Waals surface area contributed by atoms with Crippen LogP contribution in [-0.2, 0) is 11.3 Å². The van der Waals surface area contributed by atoms with Gasteiger partial charge in [0.15, 0.2) is 0 Å². The van der Waals surface area contributed by atoms with E-state index in [1.165, 1.54) is 6.07 Å². The topological polar surface area (TPSA) is 36.7 Å². The van der Waals surface area contributed by atoms with E-state index in [9.17, 15) is 9.18 Å². The van der Waals surface area contributed by atoms with E-state index >= 15 is 0 Å². The molecule has 0 aliphatic carbocycles. The highest BCUT2D eigenvalue weighted by Gasteiger charge is 2.37. The molecule has 0 bridgehead atoms. The lowest BCUT2D eigenvalue weighted by Gasteiger charge is -2.33. The molecule has 0 radical (unpaired) electrons. The third kappa shape index (κ3) is 4.82. The lowest BCUT2D eigenvalue weighted by Crippen LogP contribution is -2.43. The van der Waals surface area contributed by atoms with Gasteiger partial charge in [-0.1, -0.05) is 26.0 Å². The summed E-state index contributed by atoms with van der Waals surface area (Å²) in [5.41, 5.74) is 1.01. The second-order valence-corrected chi connectivity index (χ2v) is 8.43. The summed E-state index contributed by atoms with van der Waals surface area (Å²) in [6, 6.07) is 10.9. The van der Waals surface area contributed by atoms with Gasteiger partial charge in [-0.3, -0.25) is 9.69 Å². The zero-order valence-corrected chi connectivity index (χ0v) is 17.3. The Labute approximate surface area is 167 Å². The van der Waals surface area contributed by atoms with Gasteiger partial charge in [-0.2, -0.15) is 0 Å². The molecule has 2 aromatic rings. The maximum Gasteiger partial charge on any atom is 0.225 e. The van der Waals surface area contributed by atoms with E-state index in [0.29, 0.717) is 6.54 Å². The predicted octanol–water partition coefficient (Wildman–Crippen LogP) is 4.53. The van der Waals surface area contributed by atoms with Crippen molar-refractivity contribution in [2.75, 3.05) is 19.6 Å². The van der Waals surface area contributed by atoms with Crippen LogP contribution in [0.15, 0.2) is 47.1 Å². The highest BCUT2D eigenvalue weighted by atomic mass is 19.1. The SMILES string of the molecule is CC(C)C(=O)N(C[C@@H]1CN(Cc2ccco2)C[C@@H]1c1cccc(F)c1)C(C)C. The molecule has 1 saturated heterocycles. The highest BCUT2D eigenvalue weighted by molar-refractivity contribution is 5.78. The third-order valence-corrected chi connectivity index (χ3v) is 5.58. The lowest BCUT2D eigenvalue weighted by atomic mass is 9.88. The van der Waals surface area contributed by atoms with Gasteiger partial charge in [0.25, 0.3) is 0 Å². The Kier molecular flexibility index (Phi) is 6.55. The molecule has 1 aliphatic heterocycles. The summed E-state index contributed by atoms with van der Waals surface area (Å²) in [5.74, 6) is 1.30. The van der Waals surface area contributed by atoms with Crippen molar-refractivity contribution in [1.82, 2.24) is 9.80 Å². The summed E-state index contributed by atoms with van der Waals surface area (Å²) in [6.07, 6.45) is 1.69. The predicted molar refractivity (Wildman–Crippen MR) is 108 cm³/mol. The monoisotopic (exact) mass is 386 g/mol. The van der Waals surface area contributed by atoms with Crippen molar-refractivity contribution in [3.05, 3.63) is 59.8 Å². The first-order valence-corrected chi connectivity index (χ1v) is 10.2. The minimum absolute atomic E-state index is 0.0318. The number of carbonyl (C=O) groups is 1. The molecule has 1 aliphatic rings. The van der Waals surface area contributed by atoms with Crippen molar-refractivity contribution in [2.45, 2.75) is 46.2 Å². The van der Waals surface area contributed by atoms with E-state index in [0.717, 1.165) is 31.0 Å². The fourth-order valence-corrected chi connectivity index (χ4v) is 4.15. The second kappa shape index (κ2) is 8.91. The summed E-state index contributed by atoms with van der Waals surface area (Å²) in [5, 5.41) is 0. The van der Waals surface area contributed by atoms with Crippen molar-refractivity contribution in [3.8, 4) is 0 Å². The summed E-state index contributed by atoms with van der Waals surface area (Å²) in [6.45, 7) is 11.1. The van der Waals surface area contributed by atoms with Crippen molar-refractivity contribution in [1.29, 1.82) is 0 Å². The molecule has 1 aromatic carbocycles. The Morgan fingerprint density at radius 1 is 1.21 bits per heavy atom. The van der Waals surface area contributed by atoms with E-state index in [1.807, 2.05) is 36.9 Å². The molecular weight excluding hydrogens is 355 g/mol. The summed E-state index contributed by atoms with van der Waals surface area (Å²) in [4.78, 5) is 17.1. The number of furan rings is 1. The summed E-state index contributed by atoms with van der Waals surface area (Å²) >= 11 is 0. The first-order valence-electron chi connectivity index (χ1n) is 10.2. The zero-order valence-electron chi connectivity index (χ0n) is 17.3. The first kappa shape index (κ1) is 20.6. The molecule has 1 fully saturated rings. The minimum Gasteiger partial charge on any atom is -0.468 e. The Bertz CT molecular complexity index is 773. The van der Waals surface area contributed by atoms with Gasteiger partial charge in [0, 0.05) is 37.5 Å². The van der Waals surface area contributed by atoms with E-state index in [2.05, 4.69) is 18.7 Å². The largest absolute Gasteiger partial charge is 0.468 e. The molecule has 2 heterocycles. The van der Waals surface area contributed by atoms with Gasteiger partial charge in [-0.05, 0) is 49.6 Å². The maximum absolute atomic E-state index is 13.9. The zero-order chi connectivity index (χ0) is 20.3. The van der Waals surface area contributed by atoms with Crippen LogP contribution in [0.4, 0.5) is 4.39 Å². The molecule has 1 aromatic heterocycles. The van der Waals surface area contributed by atoms with Crippen LogP contribution >= 0.6 is 0 Å². The molecule has 4 nitrogen and oxygen atoms in total. The molecule has 1 amide bonds. The number of likely N-dealkylation sites (tertiary alicyclic amines) is 1. The Hall–Kier alpha value is -2.14. The molecule has 0 spiro atoms. The third-order valence-electron chi connectivity index (χ3n) is 5.58. The maximum atomic E-state index is 13.9. The van der Waals surface area contributed by atoms with Crippen molar-refractivity contribution >= 4 is 5.91 Å². The average molecular weight is 387 g/mol. The molecule has 2 atom stereocenters. The van der Waals surface area contributed by atoms with Gasteiger partial charge in [-0.25, -0.2) is 4.39 Å². The number of hydrogen-bond acceptors (Lipinski definition) is 3.